The highest BCUT2D eigenvalue weighted by molar-refractivity contribution is 5.92. The first-order valence-electron chi connectivity index (χ1n) is 15.4. The van der Waals surface area contributed by atoms with Gasteiger partial charge in [-0.05, 0) is 93.1 Å². The molecular formula is C44H31N. The number of nitrogens with zero attached hydrogens (tertiary/aromatic N) is 1. The molecule has 45 heavy (non-hydrogen) atoms. The molecule has 0 bridgehead atoms. The summed E-state index contributed by atoms with van der Waals surface area (Å²) in [6.45, 7) is 0. The Balaban J connectivity index is 1.28. The van der Waals surface area contributed by atoms with E-state index in [1.165, 1.54) is 44.5 Å². The number of rotatable bonds is 6. The molecule has 0 fully saturated rings. The molecule has 6 aromatic carbocycles. The summed E-state index contributed by atoms with van der Waals surface area (Å²) in [5.41, 5.74) is 16.3. The van der Waals surface area contributed by atoms with E-state index in [9.17, 15) is 0 Å². The third kappa shape index (κ3) is 4.50. The highest BCUT2D eigenvalue weighted by Gasteiger charge is 2.46. The smallest absolute Gasteiger partial charge is 0.0719 e. The summed E-state index contributed by atoms with van der Waals surface area (Å²) in [5.74, 6) is 0. The van der Waals surface area contributed by atoms with E-state index >= 15 is 0 Å². The highest BCUT2D eigenvalue weighted by atomic mass is 15.1. The Bertz CT molecular complexity index is 2100. The molecule has 1 heteroatoms. The molecule has 1 nitrogen and oxygen atoms in total. The minimum absolute atomic E-state index is 0.462. The van der Waals surface area contributed by atoms with E-state index in [0.717, 1.165) is 17.1 Å². The molecule has 0 amide bonds. The average molecular weight is 574 g/mol. The molecule has 0 radical (unpaired) electrons. The topological polar surface area (TPSA) is 3.24 Å². The first-order chi connectivity index (χ1) is 22.3. The second-order valence-electron chi connectivity index (χ2n) is 11.5. The SMILES string of the molecule is C1=CC=CC2=C(C=1)C(c1ccccc1)(c1ccc(N(c3ccccc3)c3ccc(-c4ccccc4)cc3)cc1)c1ccccc12. The summed E-state index contributed by atoms with van der Waals surface area (Å²) in [5, 5.41) is 0. The molecule has 2 aliphatic rings. The Hall–Kier alpha value is -5.88. The predicted molar refractivity (Wildman–Crippen MR) is 188 cm³/mol. The van der Waals surface area contributed by atoms with Gasteiger partial charge in [-0.2, -0.15) is 0 Å². The van der Waals surface area contributed by atoms with Crippen LogP contribution >= 0.6 is 0 Å². The standard InChI is InChI=1S/C44H31N/c1-5-15-33(16-6-1)34-25-29-38(30-26-34)45(37-19-9-3-10-20-37)39-31-27-36(28-32-39)44(35-17-7-2-8-18-35)42-23-12-4-11-21-40(42)41-22-13-14-24-43(41)44/h1-11,13-32H. The summed E-state index contributed by atoms with van der Waals surface area (Å²) in [6.07, 6.45) is 8.52. The highest BCUT2D eigenvalue weighted by Crippen LogP contribution is 2.55. The Kier molecular flexibility index (Phi) is 6.72. The maximum atomic E-state index is 3.43. The largest absolute Gasteiger partial charge is 0.311 e. The number of hydrogen-bond donors (Lipinski definition) is 0. The van der Waals surface area contributed by atoms with Crippen LogP contribution in [-0.2, 0) is 5.41 Å². The van der Waals surface area contributed by atoms with Gasteiger partial charge in [0.25, 0.3) is 0 Å². The van der Waals surface area contributed by atoms with E-state index in [0.29, 0.717) is 0 Å². The number of anilines is 3. The van der Waals surface area contributed by atoms with Gasteiger partial charge in [-0.15, -0.1) is 5.73 Å². The van der Waals surface area contributed by atoms with Crippen molar-refractivity contribution in [1.82, 2.24) is 0 Å². The zero-order valence-corrected chi connectivity index (χ0v) is 24.8. The van der Waals surface area contributed by atoms with Crippen molar-refractivity contribution in [3.05, 3.63) is 222 Å². The summed E-state index contributed by atoms with van der Waals surface area (Å²) in [6, 6.07) is 58.9. The fourth-order valence-corrected chi connectivity index (χ4v) is 7.03. The zero-order valence-electron chi connectivity index (χ0n) is 24.8. The normalized spacial score (nSPS) is 16.3. The molecule has 0 aromatic heterocycles. The fraction of sp³-hybridized carbons (Fsp3) is 0.0227. The molecule has 212 valence electrons. The number of fused-ring (bicyclic) bond motifs is 2. The fourth-order valence-electron chi connectivity index (χ4n) is 7.03. The number of benzene rings is 6. The van der Waals surface area contributed by atoms with Crippen molar-refractivity contribution < 1.29 is 0 Å². The van der Waals surface area contributed by atoms with Gasteiger partial charge in [0.05, 0.1) is 5.41 Å². The third-order valence-electron chi connectivity index (χ3n) is 9.01. The molecule has 0 spiro atoms. The first-order valence-corrected chi connectivity index (χ1v) is 15.4. The molecule has 6 aromatic rings. The maximum Gasteiger partial charge on any atom is 0.0719 e. The summed E-state index contributed by atoms with van der Waals surface area (Å²) in [7, 11) is 0. The number of allylic oxidation sites excluding steroid dienone is 5. The van der Waals surface area contributed by atoms with Gasteiger partial charge in [0.15, 0.2) is 0 Å². The van der Waals surface area contributed by atoms with Crippen LogP contribution in [0.1, 0.15) is 22.3 Å². The Morgan fingerprint density at radius 1 is 0.467 bits per heavy atom. The van der Waals surface area contributed by atoms with E-state index in [4.69, 9.17) is 0 Å². The lowest BCUT2D eigenvalue weighted by Crippen LogP contribution is -2.29. The molecule has 0 heterocycles. The van der Waals surface area contributed by atoms with Crippen molar-refractivity contribution in [3.8, 4) is 11.1 Å². The lowest BCUT2D eigenvalue weighted by Gasteiger charge is -2.35. The van der Waals surface area contributed by atoms with Crippen LogP contribution in [0.4, 0.5) is 17.1 Å². The van der Waals surface area contributed by atoms with Crippen LogP contribution in [0.5, 0.6) is 0 Å². The van der Waals surface area contributed by atoms with Gasteiger partial charge >= 0.3 is 0 Å². The van der Waals surface area contributed by atoms with Crippen molar-refractivity contribution in [2.45, 2.75) is 5.41 Å². The Labute approximate surface area is 265 Å². The minimum atomic E-state index is -0.462. The summed E-state index contributed by atoms with van der Waals surface area (Å²) in [4.78, 5) is 2.33. The Morgan fingerprint density at radius 2 is 1.00 bits per heavy atom. The van der Waals surface area contributed by atoms with E-state index < -0.39 is 5.41 Å². The Morgan fingerprint density at radius 3 is 1.71 bits per heavy atom. The second kappa shape index (κ2) is 11.3. The lowest BCUT2D eigenvalue weighted by molar-refractivity contribution is 0.762. The average Bonchev–Trinajstić information content (AvgIpc) is 3.22. The molecule has 0 saturated carbocycles. The van der Waals surface area contributed by atoms with E-state index in [-0.39, 0.29) is 0 Å². The van der Waals surface area contributed by atoms with Gasteiger partial charge < -0.3 is 4.90 Å². The van der Waals surface area contributed by atoms with E-state index in [1.54, 1.807) is 0 Å². The van der Waals surface area contributed by atoms with Crippen LogP contribution in [0, 0.1) is 0 Å². The van der Waals surface area contributed by atoms with Crippen molar-refractivity contribution in [3.63, 3.8) is 0 Å². The number of para-hydroxylation sites is 1. The zero-order chi connectivity index (χ0) is 30.1. The maximum absolute atomic E-state index is 3.43. The van der Waals surface area contributed by atoms with Gasteiger partial charge in [0, 0.05) is 17.1 Å². The first kappa shape index (κ1) is 26.7. The lowest BCUT2D eigenvalue weighted by atomic mass is 9.67. The van der Waals surface area contributed by atoms with Gasteiger partial charge in [-0.1, -0.05) is 140 Å². The van der Waals surface area contributed by atoms with Crippen molar-refractivity contribution in [2.24, 2.45) is 0 Å². The molecule has 0 N–H and O–H groups in total. The van der Waals surface area contributed by atoms with Crippen LogP contribution < -0.4 is 4.90 Å². The summed E-state index contributed by atoms with van der Waals surface area (Å²) >= 11 is 0. The monoisotopic (exact) mass is 573 g/mol. The quantitative estimate of drug-likeness (QED) is 0.179. The molecule has 8 rings (SSSR count). The van der Waals surface area contributed by atoms with Crippen LogP contribution in [0.15, 0.2) is 199 Å². The molecular weight excluding hydrogens is 542 g/mol. The second-order valence-corrected chi connectivity index (χ2v) is 11.5. The predicted octanol–water partition coefficient (Wildman–Crippen LogP) is 11.2. The third-order valence-corrected chi connectivity index (χ3v) is 9.01. The van der Waals surface area contributed by atoms with Gasteiger partial charge in [-0.3, -0.25) is 0 Å². The molecule has 0 saturated heterocycles. The van der Waals surface area contributed by atoms with Crippen LogP contribution in [0.25, 0.3) is 16.7 Å². The van der Waals surface area contributed by atoms with Crippen LogP contribution in [-0.4, -0.2) is 0 Å². The van der Waals surface area contributed by atoms with Gasteiger partial charge in [0.1, 0.15) is 0 Å². The minimum Gasteiger partial charge on any atom is -0.311 e. The number of hydrogen-bond acceptors (Lipinski definition) is 1. The van der Waals surface area contributed by atoms with Crippen molar-refractivity contribution in [2.75, 3.05) is 4.90 Å². The molecule has 0 aliphatic heterocycles. The van der Waals surface area contributed by atoms with E-state index in [1.807, 2.05) is 6.08 Å². The van der Waals surface area contributed by atoms with Crippen LogP contribution in [0.3, 0.4) is 0 Å². The van der Waals surface area contributed by atoms with E-state index in [2.05, 4.69) is 193 Å². The summed E-state index contributed by atoms with van der Waals surface area (Å²) < 4.78 is 0. The van der Waals surface area contributed by atoms with Crippen LogP contribution in [0.2, 0.25) is 0 Å². The molecule has 2 aliphatic carbocycles. The molecule has 1 unspecified atom stereocenters. The van der Waals surface area contributed by atoms with Gasteiger partial charge in [-0.25, -0.2) is 0 Å². The van der Waals surface area contributed by atoms with Gasteiger partial charge in [0.2, 0.25) is 0 Å². The van der Waals surface area contributed by atoms with Crippen molar-refractivity contribution in [1.29, 1.82) is 0 Å². The molecule has 1 atom stereocenters. The van der Waals surface area contributed by atoms with Crippen molar-refractivity contribution >= 4 is 22.6 Å².